The second-order valence-corrected chi connectivity index (χ2v) is 3.06. The van der Waals surface area contributed by atoms with Gasteiger partial charge in [0.15, 0.2) is 0 Å². The van der Waals surface area contributed by atoms with Crippen LogP contribution < -0.4 is 0 Å². The van der Waals surface area contributed by atoms with Gasteiger partial charge in [0.2, 0.25) is 0 Å². The zero-order valence-corrected chi connectivity index (χ0v) is 8.45. The third kappa shape index (κ3) is 7.74. The molecular formula is C9H19NO3. The Morgan fingerprint density at radius 1 is 1.38 bits per heavy atom. The highest BCUT2D eigenvalue weighted by Gasteiger charge is 2.03. The van der Waals surface area contributed by atoms with Crippen LogP contribution in [0.3, 0.4) is 0 Å². The minimum Gasteiger partial charge on any atom is -0.469 e. The van der Waals surface area contributed by atoms with Crippen LogP contribution in [0.1, 0.15) is 19.3 Å². The van der Waals surface area contributed by atoms with E-state index in [4.69, 9.17) is 5.11 Å². The molecule has 0 radical (unpaired) electrons. The van der Waals surface area contributed by atoms with Crippen LogP contribution in [0.25, 0.3) is 0 Å². The number of carbonyl (C=O) groups is 1. The predicted molar refractivity (Wildman–Crippen MR) is 50.4 cm³/mol. The summed E-state index contributed by atoms with van der Waals surface area (Å²) >= 11 is 0. The van der Waals surface area contributed by atoms with Gasteiger partial charge in [-0.2, -0.15) is 0 Å². The molecular weight excluding hydrogens is 170 g/mol. The molecule has 0 fully saturated rings. The highest BCUT2D eigenvalue weighted by atomic mass is 16.5. The van der Waals surface area contributed by atoms with Gasteiger partial charge in [-0.1, -0.05) is 0 Å². The summed E-state index contributed by atoms with van der Waals surface area (Å²) in [6.07, 6.45) is 2.23. The van der Waals surface area contributed by atoms with E-state index in [1.54, 1.807) is 0 Å². The van der Waals surface area contributed by atoms with E-state index in [0.717, 1.165) is 25.9 Å². The molecule has 0 aromatic rings. The molecule has 0 saturated carbocycles. The summed E-state index contributed by atoms with van der Waals surface area (Å²) in [5.74, 6) is -0.172. The third-order valence-electron chi connectivity index (χ3n) is 1.87. The maximum atomic E-state index is 10.8. The van der Waals surface area contributed by atoms with Crippen LogP contribution in [0.15, 0.2) is 0 Å². The lowest BCUT2D eigenvalue weighted by Crippen LogP contribution is -2.23. The Labute approximate surface area is 79.5 Å². The molecule has 0 aromatic carbocycles. The number of ether oxygens (including phenoxy) is 1. The van der Waals surface area contributed by atoms with Crippen LogP contribution in [-0.4, -0.2) is 49.8 Å². The molecule has 13 heavy (non-hydrogen) atoms. The number of nitrogens with zero attached hydrogens (tertiary/aromatic N) is 1. The maximum absolute atomic E-state index is 10.8. The molecule has 0 atom stereocenters. The molecule has 4 nitrogen and oxygen atoms in total. The molecule has 0 aliphatic heterocycles. The van der Waals surface area contributed by atoms with Crippen LogP contribution in [-0.2, 0) is 9.53 Å². The van der Waals surface area contributed by atoms with Crippen molar-refractivity contribution in [3.05, 3.63) is 0 Å². The summed E-state index contributed by atoms with van der Waals surface area (Å²) in [6.45, 7) is 1.88. The van der Waals surface area contributed by atoms with Gasteiger partial charge in [-0.05, 0) is 26.4 Å². The molecule has 0 amide bonds. The number of carbonyl (C=O) groups excluding carboxylic acids is 1. The first-order valence-electron chi connectivity index (χ1n) is 4.57. The summed E-state index contributed by atoms with van der Waals surface area (Å²) in [7, 11) is 3.36. The molecule has 0 aromatic heterocycles. The molecule has 1 N–H and O–H groups in total. The molecule has 0 aliphatic rings. The van der Waals surface area contributed by atoms with Gasteiger partial charge in [-0.15, -0.1) is 0 Å². The molecule has 0 spiro atoms. The Balaban J connectivity index is 3.29. The number of aliphatic hydroxyl groups excluding tert-OH is 1. The minimum absolute atomic E-state index is 0.172. The predicted octanol–water partition coefficient (Wildman–Crippen LogP) is 0.254. The largest absolute Gasteiger partial charge is 0.469 e. The van der Waals surface area contributed by atoms with E-state index >= 15 is 0 Å². The van der Waals surface area contributed by atoms with E-state index < -0.39 is 0 Å². The van der Waals surface area contributed by atoms with Gasteiger partial charge in [0.25, 0.3) is 0 Å². The minimum atomic E-state index is -0.172. The Morgan fingerprint density at radius 3 is 2.62 bits per heavy atom. The van der Waals surface area contributed by atoms with Gasteiger partial charge in [0.1, 0.15) is 0 Å². The number of hydrogen-bond acceptors (Lipinski definition) is 4. The third-order valence-corrected chi connectivity index (χ3v) is 1.87. The molecule has 4 heteroatoms. The number of unbranched alkanes of at least 4 members (excludes halogenated alkanes) is 1. The number of rotatable bonds is 7. The first-order chi connectivity index (χ1) is 6.20. The highest BCUT2D eigenvalue weighted by Crippen LogP contribution is 1.94. The normalized spacial score (nSPS) is 10.5. The Morgan fingerprint density at radius 2 is 2.08 bits per heavy atom. The van der Waals surface area contributed by atoms with Crippen molar-refractivity contribution in [3.8, 4) is 0 Å². The molecule has 78 valence electrons. The molecule has 0 heterocycles. The highest BCUT2D eigenvalue weighted by molar-refractivity contribution is 5.69. The standard InChI is InChI=1S/C9H19NO3/c1-10(6-3-4-8-11)7-5-9(12)13-2/h11H,3-8H2,1-2H3. The van der Waals surface area contributed by atoms with Crippen LogP contribution in [0, 0.1) is 0 Å². The van der Waals surface area contributed by atoms with Gasteiger partial charge >= 0.3 is 5.97 Å². The Bertz CT molecular complexity index is 139. The fourth-order valence-corrected chi connectivity index (χ4v) is 0.990. The number of aliphatic hydroxyl groups is 1. The lowest BCUT2D eigenvalue weighted by molar-refractivity contribution is -0.140. The van der Waals surface area contributed by atoms with Crippen molar-refractivity contribution < 1.29 is 14.6 Å². The van der Waals surface area contributed by atoms with Crippen LogP contribution in [0.2, 0.25) is 0 Å². The first kappa shape index (κ1) is 12.4. The first-order valence-corrected chi connectivity index (χ1v) is 4.57. The topological polar surface area (TPSA) is 49.8 Å². The van der Waals surface area contributed by atoms with Crippen molar-refractivity contribution in [3.63, 3.8) is 0 Å². The lowest BCUT2D eigenvalue weighted by Gasteiger charge is -2.14. The lowest BCUT2D eigenvalue weighted by atomic mass is 10.3. The van der Waals surface area contributed by atoms with Crippen molar-refractivity contribution in [2.75, 3.05) is 33.9 Å². The van der Waals surface area contributed by atoms with E-state index in [1.165, 1.54) is 7.11 Å². The van der Waals surface area contributed by atoms with Gasteiger partial charge in [-0.25, -0.2) is 0 Å². The average molecular weight is 189 g/mol. The van der Waals surface area contributed by atoms with E-state index in [-0.39, 0.29) is 12.6 Å². The summed E-state index contributed by atoms with van der Waals surface area (Å²) in [4.78, 5) is 12.8. The Hall–Kier alpha value is -0.610. The maximum Gasteiger partial charge on any atom is 0.306 e. The second-order valence-electron chi connectivity index (χ2n) is 3.06. The molecule has 0 saturated heterocycles. The summed E-state index contributed by atoms with van der Waals surface area (Å²) in [6, 6.07) is 0. The number of methoxy groups -OCH3 is 1. The van der Waals surface area contributed by atoms with Crippen molar-refractivity contribution >= 4 is 5.97 Å². The molecule has 0 aliphatic carbocycles. The average Bonchev–Trinajstić information content (AvgIpc) is 2.14. The van der Waals surface area contributed by atoms with E-state index in [1.807, 2.05) is 7.05 Å². The number of hydrogen-bond donors (Lipinski definition) is 1. The van der Waals surface area contributed by atoms with Gasteiger partial charge in [-0.3, -0.25) is 4.79 Å². The molecule has 0 bridgehead atoms. The second kappa shape index (κ2) is 8.01. The summed E-state index contributed by atoms with van der Waals surface area (Å²) < 4.78 is 4.52. The van der Waals surface area contributed by atoms with Crippen molar-refractivity contribution in [2.24, 2.45) is 0 Å². The fraction of sp³-hybridized carbons (Fsp3) is 0.889. The van der Waals surface area contributed by atoms with Crippen LogP contribution in [0.4, 0.5) is 0 Å². The summed E-state index contributed by atoms with van der Waals surface area (Å²) in [5.41, 5.74) is 0. The fourth-order valence-electron chi connectivity index (χ4n) is 0.990. The van der Waals surface area contributed by atoms with Gasteiger partial charge in [0, 0.05) is 13.2 Å². The zero-order chi connectivity index (χ0) is 10.1. The van der Waals surface area contributed by atoms with Crippen molar-refractivity contribution in [2.45, 2.75) is 19.3 Å². The SMILES string of the molecule is COC(=O)CCN(C)CCCCO. The smallest absolute Gasteiger partial charge is 0.306 e. The quantitative estimate of drug-likeness (QED) is 0.461. The molecule has 0 unspecified atom stereocenters. The van der Waals surface area contributed by atoms with E-state index in [9.17, 15) is 4.79 Å². The van der Waals surface area contributed by atoms with Crippen LogP contribution >= 0.6 is 0 Å². The van der Waals surface area contributed by atoms with Gasteiger partial charge in [0.05, 0.1) is 13.5 Å². The van der Waals surface area contributed by atoms with E-state index in [2.05, 4.69) is 9.64 Å². The number of esters is 1. The van der Waals surface area contributed by atoms with E-state index in [0.29, 0.717) is 6.42 Å². The van der Waals surface area contributed by atoms with Gasteiger partial charge < -0.3 is 14.7 Å². The monoisotopic (exact) mass is 189 g/mol. The van der Waals surface area contributed by atoms with Crippen LogP contribution in [0.5, 0.6) is 0 Å². The van der Waals surface area contributed by atoms with Crippen molar-refractivity contribution in [1.29, 1.82) is 0 Å². The zero-order valence-electron chi connectivity index (χ0n) is 8.45. The summed E-state index contributed by atoms with van der Waals surface area (Å²) in [5, 5.41) is 8.54. The molecule has 0 rings (SSSR count). The Kier molecular flexibility index (Phi) is 7.63. The van der Waals surface area contributed by atoms with Crippen molar-refractivity contribution in [1.82, 2.24) is 4.90 Å².